The van der Waals surface area contributed by atoms with Crippen molar-refractivity contribution >= 4 is 5.91 Å². The Morgan fingerprint density at radius 3 is 2.57 bits per heavy atom. The summed E-state index contributed by atoms with van der Waals surface area (Å²) in [6.45, 7) is 6.27. The summed E-state index contributed by atoms with van der Waals surface area (Å²) in [6, 6.07) is 11.6. The lowest BCUT2D eigenvalue weighted by Crippen LogP contribution is -2.37. The molecule has 23 heavy (non-hydrogen) atoms. The monoisotopic (exact) mass is 313 g/mol. The maximum Gasteiger partial charge on any atom is 0.270 e. The van der Waals surface area contributed by atoms with Crippen molar-refractivity contribution in [3.63, 3.8) is 0 Å². The molecule has 0 bridgehead atoms. The summed E-state index contributed by atoms with van der Waals surface area (Å²) in [6.07, 6.45) is 1.39. The number of rotatable bonds is 6. The average molecular weight is 313 g/mol. The molecule has 0 saturated heterocycles. The molecular weight excluding hydrogens is 290 g/mol. The Bertz CT molecular complexity index is 656. The van der Waals surface area contributed by atoms with Crippen molar-refractivity contribution < 1.29 is 9.90 Å². The Morgan fingerprint density at radius 2 is 1.96 bits per heavy atom. The molecule has 5 nitrogen and oxygen atoms in total. The summed E-state index contributed by atoms with van der Waals surface area (Å²) < 4.78 is 0. The lowest BCUT2D eigenvalue weighted by Gasteiger charge is -2.33. The number of aryl methyl sites for hydroxylation is 1. The van der Waals surface area contributed by atoms with Crippen LogP contribution in [0.3, 0.4) is 0 Å². The van der Waals surface area contributed by atoms with Gasteiger partial charge < -0.3 is 10.4 Å². The molecule has 0 radical (unpaired) electrons. The molecule has 1 unspecified atom stereocenters. The predicted molar refractivity (Wildman–Crippen MR) is 89.2 cm³/mol. The number of carbonyl (C=O) groups excluding carboxylic acids is 1. The van der Waals surface area contributed by atoms with Crippen LogP contribution in [0.15, 0.2) is 42.7 Å². The van der Waals surface area contributed by atoms with E-state index >= 15 is 0 Å². The molecular formula is C18H23N3O2. The van der Waals surface area contributed by atoms with Gasteiger partial charge in [-0.2, -0.15) is 0 Å². The number of aliphatic hydroxyl groups excluding tert-OH is 1. The van der Waals surface area contributed by atoms with Gasteiger partial charge in [-0.25, -0.2) is 9.97 Å². The van der Waals surface area contributed by atoms with Gasteiger partial charge in [0.25, 0.3) is 5.91 Å². The van der Waals surface area contributed by atoms with Crippen LogP contribution in [-0.4, -0.2) is 34.1 Å². The van der Waals surface area contributed by atoms with Crippen LogP contribution in [-0.2, 0) is 0 Å². The van der Waals surface area contributed by atoms with Crippen LogP contribution < -0.4 is 5.32 Å². The van der Waals surface area contributed by atoms with Gasteiger partial charge in [-0.1, -0.05) is 44.2 Å². The second-order valence-corrected chi connectivity index (χ2v) is 6.36. The van der Waals surface area contributed by atoms with Gasteiger partial charge in [-0.15, -0.1) is 0 Å². The standard InChI is InChI=1S/C18H23N3O2/c1-13-9-16(21-12-20-13)17(23)19-10-15(18(2,3)11-22)14-7-5-4-6-8-14/h4-9,12,15,22H,10-11H2,1-3H3,(H,19,23). The number of hydrogen-bond acceptors (Lipinski definition) is 4. The van der Waals surface area contributed by atoms with E-state index < -0.39 is 0 Å². The van der Waals surface area contributed by atoms with Crippen LogP contribution in [0, 0.1) is 12.3 Å². The Balaban J connectivity index is 2.14. The molecule has 0 spiro atoms. The molecule has 1 atom stereocenters. The van der Waals surface area contributed by atoms with Crippen molar-refractivity contribution in [2.75, 3.05) is 13.2 Å². The van der Waals surface area contributed by atoms with Crippen LogP contribution in [0.25, 0.3) is 0 Å². The molecule has 2 aromatic rings. The lowest BCUT2D eigenvalue weighted by molar-refractivity contribution is 0.0915. The molecule has 0 saturated carbocycles. The second-order valence-electron chi connectivity index (χ2n) is 6.36. The topological polar surface area (TPSA) is 75.1 Å². The minimum absolute atomic E-state index is 0.000541. The fraction of sp³-hybridized carbons (Fsp3) is 0.389. The number of aliphatic hydroxyl groups is 1. The van der Waals surface area contributed by atoms with Crippen molar-refractivity contribution in [3.8, 4) is 0 Å². The van der Waals surface area contributed by atoms with Gasteiger partial charge in [-0.05, 0) is 24.0 Å². The van der Waals surface area contributed by atoms with E-state index in [2.05, 4.69) is 15.3 Å². The average Bonchev–Trinajstić information content (AvgIpc) is 2.55. The van der Waals surface area contributed by atoms with Crippen LogP contribution >= 0.6 is 0 Å². The van der Waals surface area contributed by atoms with Crippen molar-refractivity contribution in [1.29, 1.82) is 0 Å². The van der Waals surface area contributed by atoms with E-state index in [9.17, 15) is 9.90 Å². The Labute approximate surface area is 136 Å². The number of nitrogens with one attached hydrogen (secondary N) is 1. The number of aromatic nitrogens is 2. The lowest BCUT2D eigenvalue weighted by atomic mass is 9.75. The normalized spacial score (nSPS) is 12.7. The number of hydrogen-bond donors (Lipinski definition) is 2. The van der Waals surface area contributed by atoms with Gasteiger partial charge in [0, 0.05) is 24.8 Å². The van der Waals surface area contributed by atoms with Crippen LogP contribution in [0.4, 0.5) is 0 Å². The van der Waals surface area contributed by atoms with Crippen molar-refractivity contribution in [3.05, 3.63) is 59.7 Å². The van der Waals surface area contributed by atoms with E-state index in [0.29, 0.717) is 12.2 Å². The number of benzene rings is 1. The zero-order chi connectivity index (χ0) is 16.9. The van der Waals surface area contributed by atoms with E-state index in [4.69, 9.17) is 0 Å². The Hall–Kier alpha value is -2.27. The minimum atomic E-state index is -0.351. The van der Waals surface area contributed by atoms with Gasteiger partial charge >= 0.3 is 0 Å². The van der Waals surface area contributed by atoms with E-state index in [-0.39, 0.29) is 23.8 Å². The second kappa shape index (κ2) is 7.33. The predicted octanol–water partition coefficient (Wildman–Crippen LogP) is 2.32. The summed E-state index contributed by atoms with van der Waals surface area (Å²) in [4.78, 5) is 20.3. The third kappa shape index (κ3) is 4.36. The fourth-order valence-electron chi connectivity index (χ4n) is 2.50. The smallest absolute Gasteiger partial charge is 0.270 e. The molecule has 0 aliphatic heterocycles. The molecule has 1 heterocycles. The van der Waals surface area contributed by atoms with Gasteiger partial charge in [0.05, 0.1) is 0 Å². The fourth-order valence-corrected chi connectivity index (χ4v) is 2.50. The molecule has 0 aliphatic carbocycles. The first kappa shape index (κ1) is 17.1. The summed E-state index contributed by atoms with van der Waals surface area (Å²) >= 11 is 0. The number of amides is 1. The number of nitrogens with zero attached hydrogens (tertiary/aromatic N) is 2. The molecule has 1 aromatic heterocycles. The molecule has 122 valence electrons. The van der Waals surface area contributed by atoms with Crippen LogP contribution in [0.5, 0.6) is 0 Å². The highest BCUT2D eigenvalue weighted by Crippen LogP contribution is 2.34. The summed E-state index contributed by atoms with van der Waals surface area (Å²) in [7, 11) is 0. The third-order valence-electron chi connectivity index (χ3n) is 4.06. The first-order chi connectivity index (χ1) is 10.9. The van der Waals surface area contributed by atoms with Gasteiger partial charge in [-0.3, -0.25) is 4.79 Å². The van der Waals surface area contributed by atoms with Crippen LogP contribution in [0.1, 0.15) is 41.5 Å². The maximum atomic E-state index is 12.3. The van der Waals surface area contributed by atoms with Gasteiger partial charge in [0.1, 0.15) is 12.0 Å². The molecule has 1 aromatic carbocycles. The van der Waals surface area contributed by atoms with Crippen molar-refractivity contribution in [2.45, 2.75) is 26.7 Å². The molecule has 1 amide bonds. The minimum Gasteiger partial charge on any atom is -0.396 e. The summed E-state index contributed by atoms with van der Waals surface area (Å²) in [5.41, 5.74) is 1.84. The highest BCUT2D eigenvalue weighted by Gasteiger charge is 2.30. The van der Waals surface area contributed by atoms with E-state index in [1.54, 1.807) is 6.07 Å². The quantitative estimate of drug-likeness (QED) is 0.858. The highest BCUT2D eigenvalue weighted by molar-refractivity contribution is 5.92. The zero-order valence-electron chi connectivity index (χ0n) is 13.8. The summed E-state index contributed by atoms with van der Waals surface area (Å²) in [5.74, 6) is -0.231. The SMILES string of the molecule is Cc1cc(C(=O)NCC(c2ccccc2)C(C)(C)CO)ncn1. The Kier molecular flexibility index (Phi) is 5.45. The number of carbonyl (C=O) groups is 1. The molecule has 0 fully saturated rings. The van der Waals surface area contributed by atoms with Crippen molar-refractivity contribution in [2.24, 2.45) is 5.41 Å². The van der Waals surface area contributed by atoms with E-state index in [1.807, 2.05) is 51.1 Å². The maximum absolute atomic E-state index is 12.3. The third-order valence-corrected chi connectivity index (χ3v) is 4.06. The summed E-state index contributed by atoms with van der Waals surface area (Å²) in [5, 5.41) is 12.6. The largest absolute Gasteiger partial charge is 0.396 e. The van der Waals surface area contributed by atoms with Gasteiger partial charge in [0.2, 0.25) is 0 Å². The van der Waals surface area contributed by atoms with Gasteiger partial charge in [0.15, 0.2) is 0 Å². The van der Waals surface area contributed by atoms with Crippen molar-refractivity contribution in [1.82, 2.24) is 15.3 Å². The first-order valence-corrected chi connectivity index (χ1v) is 7.66. The van der Waals surface area contributed by atoms with E-state index in [1.165, 1.54) is 6.33 Å². The Morgan fingerprint density at radius 1 is 1.26 bits per heavy atom. The molecule has 5 heteroatoms. The molecule has 0 aliphatic rings. The molecule has 2 rings (SSSR count). The van der Waals surface area contributed by atoms with E-state index in [0.717, 1.165) is 11.3 Å². The zero-order valence-corrected chi connectivity index (χ0v) is 13.8. The first-order valence-electron chi connectivity index (χ1n) is 7.66. The molecule has 2 N–H and O–H groups in total. The highest BCUT2D eigenvalue weighted by atomic mass is 16.3. The van der Waals surface area contributed by atoms with Crippen LogP contribution in [0.2, 0.25) is 0 Å².